The fourth-order valence-electron chi connectivity index (χ4n) is 2.46. The van der Waals surface area contributed by atoms with Gasteiger partial charge in [0.1, 0.15) is 12.4 Å². The SMILES string of the molecule is O=S(=O)(Nc1cccc(OC[C@H]2CCCO2)c1)c1cccc(Cl)c1. The van der Waals surface area contributed by atoms with E-state index in [4.69, 9.17) is 21.1 Å². The summed E-state index contributed by atoms with van der Waals surface area (Å²) in [6.45, 7) is 1.23. The largest absolute Gasteiger partial charge is 0.491 e. The van der Waals surface area contributed by atoms with Crippen molar-refractivity contribution in [2.24, 2.45) is 0 Å². The van der Waals surface area contributed by atoms with Gasteiger partial charge in [-0.05, 0) is 43.2 Å². The number of halogens is 1. The van der Waals surface area contributed by atoms with Gasteiger partial charge in [0, 0.05) is 17.7 Å². The number of benzene rings is 2. The summed E-state index contributed by atoms with van der Waals surface area (Å²) in [4.78, 5) is 0.112. The van der Waals surface area contributed by atoms with Crippen LogP contribution in [0.1, 0.15) is 12.8 Å². The van der Waals surface area contributed by atoms with Crippen molar-refractivity contribution in [3.63, 3.8) is 0 Å². The van der Waals surface area contributed by atoms with Crippen LogP contribution in [0.2, 0.25) is 5.02 Å². The third kappa shape index (κ3) is 4.41. The van der Waals surface area contributed by atoms with Gasteiger partial charge >= 0.3 is 0 Å². The predicted octanol–water partition coefficient (Wildman–Crippen LogP) is 3.70. The Bertz CT molecular complexity index is 804. The Balaban J connectivity index is 1.69. The lowest BCUT2D eigenvalue weighted by atomic mass is 10.2. The third-order valence-corrected chi connectivity index (χ3v) is 5.27. The topological polar surface area (TPSA) is 64.6 Å². The number of rotatable bonds is 6. The molecule has 0 aliphatic carbocycles. The fraction of sp³-hybridized carbons (Fsp3) is 0.294. The Morgan fingerprint density at radius 2 is 2.04 bits per heavy atom. The Morgan fingerprint density at radius 3 is 2.79 bits per heavy atom. The first-order valence-corrected chi connectivity index (χ1v) is 9.52. The van der Waals surface area contributed by atoms with Crippen molar-refractivity contribution in [2.45, 2.75) is 23.8 Å². The van der Waals surface area contributed by atoms with Crippen molar-refractivity contribution in [3.05, 3.63) is 53.6 Å². The lowest BCUT2D eigenvalue weighted by Crippen LogP contribution is -2.16. The lowest BCUT2D eigenvalue weighted by Gasteiger charge is -2.13. The van der Waals surface area contributed by atoms with Crippen LogP contribution in [0.4, 0.5) is 5.69 Å². The summed E-state index contributed by atoms with van der Waals surface area (Å²) in [5.41, 5.74) is 0.430. The maximum atomic E-state index is 12.4. The Morgan fingerprint density at radius 1 is 1.21 bits per heavy atom. The monoisotopic (exact) mass is 367 g/mol. The maximum Gasteiger partial charge on any atom is 0.261 e. The molecule has 5 nitrogen and oxygen atoms in total. The second kappa shape index (κ2) is 7.42. The van der Waals surface area contributed by atoms with Crippen molar-refractivity contribution in [3.8, 4) is 5.75 Å². The Labute approximate surface area is 146 Å². The van der Waals surface area contributed by atoms with Gasteiger partial charge in [0.15, 0.2) is 0 Å². The zero-order chi connectivity index (χ0) is 17.0. The molecule has 0 bridgehead atoms. The van der Waals surface area contributed by atoms with Crippen LogP contribution in [0.5, 0.6) is 5.75 Å². The van der Waals surface area contributed by atoms with Gasteiger partial charge in [-0.3, -0.25) is 4.72 Å². The average Bonchev–Trinajstić information content (AvgIpc) is 3.06. The smallest absolute Gasteiger partial charge is 0.261 e. The molecule has 3 rings (SSSR count). The van der Waals surface area contributed by atoms with E-state index in [2.05, 4.69) is 4.72 Å². The van der Waals surface area contributed by atoms with Gasteiger partial charge in [-0.1, -0.05) is 23.7 Å². The highest BCUT2D eigenvalue weighted by atomic mass is 35.5. The molecule has 7 heteroatoms. The number of sulfonamides is 1. The van der Waals surface area contributed by atoms with Crippen LogP contribution >= 0.6 is 11.6 Å². The van der Waals surface area contributed by atoms with E-state index in [-0.39, 0.29) is 11.0 Å². The van der Waals surface area contributed by atoms with Crippen molar-refractivity contribution in [1.29, 1.82) is 0 Å². The standard InChI is InChI=1S/C17H18ClNO4S/c18-13-4-1-8-17(10-13)24(20,21)19-14-5-2-6-15(11-14)23-12-16-7-3-9-22-16/h1-2,4-6,8,10-11,16,19H,3,7,9,12H2/t16-/m1/s1. The molecular weight excluding hydrogens is 350 g/mol. The van der Waals surface area contributed by atoms with Crippen LogP contribution in [0.3, 0.4) is 0 Å². The molecule has 0 unspecified atom stereocenters. The molecule has 1 aliphatic heterocycles. The minimum Gasteiger partial charge on any atom is -0.491 e. The van der Waals surface area contributed by atoms with Crippen LogP contribution in [0.25, 0.3) is 0 Å². The summed E-state index contributed by atoms with van der Waals surface area (Å²) in [6, 6.07) is 13.0. The van der Waals surface area contributed by atoms with Gasteiger partial charge in [0.2, 0.25) is 0 Å². The molecule has 0 radical (unpaired) electrons. The van der Waals surface area contributed by atoms with Gasteiger partial charge < -0.3 is 9.47 Å². The minimum atomic E-state index is -3.70. The molecule has 0 saturated carbocycles. The third-order valence-electron chi connectivity index (χ3n) is 3.65. The van der Waals surface area contributed by atoms with Gasteiger partial charge in [-0.2, -0.15) is 0 Å². The number of anilines is 1. The first kappa shape index (κ1) is 17.1. The second-order valence-corrected chi connectivity index (χ2v) is 7.66. The Kier molecular flexibility index (Phi) is 5.28. The van der Waals surface area contributed by atoms with E-state index in [9.17, 15) is 8.42 Å². The van der Waals surface area contributed by atoms with Gasteiger partial charge in [-0.25, -0.2) is 8.42 Å². The quantitative estimate of drug-likeness (QED) is 0.845. The summed E-state index contributed by atoms with van der Waals surface area (Å²) in [5.74, 6) is 0.594. The average molecular weight is 368 g/mol. The van der Waals surface area contributed by atoms with Gasteiger partial charge in [0.25, 0.3) is 10.0 Å². The van der Waals surface area contributed by atoms with Gasteiger partial charge in [0.05, 0.1) is 16.7 Å². The van der Waals surface area contributed by atoms with E-state index in [1.807, 2.05) is 0 Å². The van der Waals surface area contributed by atoms with Crippen LogP contribution in [0, 0.1) is 0 Å². The molecule has 128 valence electrons. The normalized spacial score (nSPS) is 17.6. The van der Waals surface area contributed by atoms with Crippen LogP contribution < -0.4 is 9.46 Å². The van der Waals surface area contributed by atoms with Crippen molar-refractivity contribution in [1.82, 2.24) is 0 Å². The number of hydrogen-bond donors (Lipinski definition) is 1. The molecule has 2 aromatic rings. The number of ether oxygens (including phenoxy) is 2. The first-order chi connectivity index (χ1) is 11.5. The highest BCUT2D eigenvalue weighted by Crippen LogP contribution is 2.23. The molecular formula is C17H18ClNO4S. The summed E-state index contributed by atoms with van der Waals surface area (Å²) in [6.07, 6.45) is 2.14. The van der Waals surface area contributed by atoms with Crippen molar-refractivity contribution in [2.75, 3.05) is 17.9 Å². The van der Waals surface area contributed by atoms with E-state index < -0.39 is 10.0 Å². The molecule has 1 saturated heterocycles. The molecule has 0 aromatic heterocycles. The number of nitrogens with one attached hydrogen (secondary N) is 1. The molecule has 1 fully saturated rings. The van der Waals surface area contributed by atoms with Gasteiger partial charge in [-0.15, -0.1) is 0 Å². The summed E-state index contributed by atoms with van der Waals surface area (Å²) >= 11 is 5.86. The highest BCUT2D eigenvalue weighted by Gasteiger charge is 2.17. The summed E-state index contributed by atoms with van der Waals surface area (Å²) in [7, 11) is -3.70. The van der Waals surface area contributed by atoms with E-state index in [0.717, 1.165) is 19.4 Å². The minimum absolute atomic E-state index is 0.108. The van der Waals surface area contributed by atoms with Crippen molar-refractivity contribution < 1.29 is 17.9 Å². The Hall–Kier alpha value is -1.76. The fourth-order valence-corrected chi connectivity index (χ4v) is 3.81. The molecule has 2 aromatic carbocycles. The van der Waals surface area contributed by atoms with E-state index >= 15 is 0 Å². The van der Waals surface area contributed by atoms with Crippen LogP contribution in [-0.4, -0.2) is 27.7 Å². The molecule has 1 heterocycles. The van der Waals surface area contributed by atoms with E-state index in [0.29, 0.717) is 23.1 Å². The summed E-state index contributed by atoms with van der Waals surface area (Å²) < 4.78 is 38.5. The molecule has 1 N–H and O–H groups in total. The first-order valence-electron chi connectivity index (χ1n) is 7.66. The second-order valence-electron chi connectivity index (χ2n) is 5.54. The zero-order valence-corrected chi connectivity index (χ0v) is 14.5. The lowest BCUT2D eigenvalue weighted by molar-refractivity contribution is 0.0680. The molecule has 0 amide bonds. The maximum absolute atomic E-state index is 12.4. The highest BCUT2D eigenvalue weighted by molar-refractivity contribution is 7.92. The molecule has 1 atom stereocenters. The predicted molar refractivity (Wildman–Crippen MR) is 93.2 cm³/mol. The van der Waals surface area contributed by atoms with E-state index in [1.54, 1.807) is 36.4 Å². The van der Waals surface area contributed by atoms with Crippen molar-refractivity contribution >= 4 is 27.3 Å². The zero-order valence-electron chi connectivity index (χ0n) is 12.9. The molecule has 0 spiro atoms. The molecule has 1 aliphatic rings. The van der Waals surface area contributed by atoms with E-state index in [1.165, 1.54) is 12.1 Å². The van der Waals surface area contributed by atoms with Crippen LogP contribution in [-0.2, 0) is 14.8 Å². The van der Waals surface area contributed by atoms with Crippen LogP contribution in [0.15, 0.2) is 53.4 Å². The summed E-state index contributed by atoms with van der Waals surface area (Å²) in [5, 5.41) is 0.367. The molecule has 24 heavy (non-hydrogen) atoms. The number of hydrogen-bond acceptors (Lipinski definition) is 4.